The average Bonchev–Trinajstić information content (AvgIpc) is 2.74. The summed E-state index contributed by atoms with van der Waals surface area (Å²) in [5.74, 6) is 0. The Hall–Kier alpha value is -1.02. The summed E-state index contributed by atoms with van der Waals surface area (Å²) in [4.78, 5) is 2.72. The predicted octanol–water partition coefficient (Wildman–Crippen LogP) is 2.96. The fourth-order valence-corrected chi connectivity index (χ4v) is 3.34. The number of fused-ring (bicyclic) bond motifs is 1. The molecule has 2 saturated heterocycles. The Kier molecular flexibility index (Phi) is 2.60. The van der Waals surface area contributed by atoms with Crippen molar-refractivity contribution in [1.82, 2.24) is 4.90 Å². The van der Waals surface area contributed by atoms with Crippen molar-refractivity contribution in [2.45, 2.75) is 44.2 Å². The topological polar surface area (TPSA) is 29.3 Å². The maximum atomic E-state index is 5.74. The molecule has 2 atom stereocenters. The van der Waals surface area contributed by atoms with Crippen molar-refractivity contribution >= 4 is 5.69 Å². The quantitative estimate of drug-likeness (QED) is 0.731. The molecule has 1 aromatic carbocycles. The van der Waals surface area contributed by atoms with Gasteiger partial charge in [-0.3, -0.25) is 4.90 Å². The Morgan fingerprint density at radius 1 is 1.00 bits per heavy atom. The second-order valence-electron chi connectivity index (χ2n) is 5.15. The van der Waals surface area contributed by atoms with Crippen molar-refractivity contribution in [3.8, 4) is 0 Å². The molecule has 0 unspecified atom stereocenters. The Balaban J connectivity index is 1.82. The highest BCUT2D eigenvalue weighted by Gasteiger charge is 2.35. The van der Waals surface area contributed by atoms with E-state index in [1.807, 2.05) is 12.1 Å². The Morgan fingerprint density at radius 3 is 2.62 bits per heavy atom. The third-order valence-corrected chi connectivity index (χ3v) is 4.17. The third-order valence-electron chi connectivity index (χ3n) is 4.17. The number of anilines is 1. The van der Waals surface area contributed by atoms with Gasteiger partial charge in [0.25, 0.3) is 0 Å². The highest BCUT2D eigenvalue weighted by Crippen LogP contribution is 2.40. The molecule has 2 heteroatoms. The first-order valence-electron chi connectivity index (χ1n) is 6.46. The first-order chi connectivity index (χ1) is 7.84. The van der Waals surface area contributed by atoms with Gasteiger partial charge in [0.1, 0.15) is 0 Å². The van der Waals surface area contributed by atoms with E-state index >= 15 is 0 Å². The minimum atomic E-state index is 0.658. The van der Waals surface area contributed by atoms with Crippen molar-refractivity contribution in [3.05, 3.63) is 29.8 Å². The summed E-state index contributed by atoms with van der Waals surface area (Å²) < 4.78 is 0. The monoisotopic (exact) mass is 216 g/mol. The molecule has 3 rings (SSSR count). The molecule has 0 spiro atoms. The maximum absolute atomic E-state index is 5.74. The van der Waals surface area contributed by atoms with Crippen molar-refractivity contribution in [2.24, 2.45) is 0 Å². The van der Waals surface area contributed by atoms with Crippen LogP contribution < -0.4 is 5.73 Å². The predicted molar refractivity (Wildman–Crippen MR) is 67.2 cm³/mol. The van der Waals surface area contributed by atoms with Crippen LogP contribution in [0.2, 0.25) is 0 Å². The van der Waals surface area contributed by atoms with Gasteiger partial charge in [0.2, 0.25) is 0 Å². The lowest BCUT2D eigenvalue weighted by Gasteiger charge is -2.34. The van der Waals surface area contributed by atoms with E-state index in [-0.39, 0.29) is 0 Å². The fraction of sp³-hybridized carbons (Fsp3) is 0.571. The van der Waals surface area contributed by atoms with Crippen LogP contribution in [0.4, 0.5) is 5.69 Å². The molecule has 86 valence electrons. The third kappa shape index (κ3) is 1.71. The first kappa shape index (κ1) is 10.2. The number of piperidine rings is 1. The fourth-order valence-electron chi connectivity index (χ4n) is 3.34. The van der Waals surface area contributed by atoms with E-state index in [0.717, 1.165) is 11.7 Å². The van der Waals surface area contributed by atoms with Crippen LogP contribution in [0.5, 0.6) is 0 Å². The van der Waals surface area contributed by atoms with E-state index in [1.54, 1.807) is 0 Å². The van der Waals surface area contributed by atoms with Crippen LogP contribution in [-0.4, -0.2) is 17.5 Å². The van der Waals surface area contributed by atoms with Crippen molar-refractivity contribution in [2.75, 3.05) is 12.3 Å². The highest BCUT2D eigenvalue weighted by atomic mass is 15.2. The summed E-state index contributed by atoms with van der Waals surface area (Å²) in [6, 6.07) is 10.00. The summed E-state index contributed by atoms with van der Waals surface area (Å²) in [5, 5.41) is 0. The average molecular weight is 216 g/mol. The number of hydrogen-bond donors (Lipinski definition) is 1. The van der Waals surface area contributed by atoms with E-state index in [2.05, 4.69) is 17.0 Å². The van der Waals surface area contributed by atoms with Crippen LogP contribution in [0, 0.1) is 0 Å². The number of nitrogen functional groups attached to an aromatic ring is 1. The number of nitrogens with two attached hydrogens (primary N) is 1. The zero-order valence-corrected chi connectivity index (χ0v) is 9.73. The molecule has 2 aliphatic rings. The van der Waals surface area contributed by atoms with Gasteiger partial charge in [0.05, 0.1) is 0 Å². The van der Waals surface area contributed by atoms with Gasteiger partial charge in [0.15, 0.2) is 0 Å². The number of nitrogens with zero attached hydrogens (tertiary/aromatic N) is 1. The van der Waals surface area contributed by atoms with Gasteiger partial charge in [-0.15, -0.1) is 0 Å². The summed E-state index contributed by atoms with van der Waals surface area (Å²) in [6.45, 7) is 1.29. The Labute approximate surface area is 97.4 Å². The lowest BCUT2D eigenvalue weighted by Crippen LogP contribution is -2.35. The van der Waals surface area contributed by atoms with Gasteiger partial charge < -0.3 is 5.73 Å². The van der Waals surface area contributed by atoms with Crippen molar-refractivity contribution in [1.29, 1.82) is 0 Å². The lowest BCUT2D eigenvalue weighted by molar-refractivity contribution is 0.150. The zero-order chi connectivity index (χ0) is 11.0. The van der Waals surface area contributed by atoms with Crippen LogP contribution in [0.3, 0.4) is 0 Å². The molecule has 0 aromatic heterocycles. The SMILES string of the molecule is Nc1ccc([C@@H]2CC[C@@H]3CCCCN32)cc1. The van der Waals surface area contributed by atoms with Crippen LogP contribution in [0.15, 0.2) is 24.3 Å². The minimum absolute atomic E-state index is 0.658. The second kappa shape index (κ2) is 4.10. The van der Waals surface area contributed by atoms with Gasteiger partial charge in [-0.05, 0) is 49.9 Å². The number of rotatable bonds is 1. The van der Waals surface area contributed by atoms with Gasteiger partial charge in [0, 0.05) is 17.8 Å². The van der Waals surface area contributed by atoms with E-state index in [4.69, 9.17) is 5.73 Å². The largest absolute Gasteiger partial charge is 0.399 e. The highest BCUT2D eigenvalue weighted by molar-refractivity contribution is 5.40. The van der Waals surface area contributed by atoms with E-state index in [0.29, 0.717) is 6.04 Å². The van der Waals surface area contributed by atoms with E-state index < -0.39 is 0 Å². The van der Waals surface area contributed by atoms with Gasteiger partial charge in [-0.2, -0.15) is 0 Å². The zero-order valence-electron chi connectivity index (χ0n) is 9.73. The molecule has 0 bridgehead atoms. The molecule has 1 aromatic rings. The molecular weight excluding hydrogens is 196 g/mol. The molecule has 0 aliphatic carbocycles. The van der Waals surface area contributed by atoms with Crippen molar-refractivity contribution < 1.29 is 0 Å². The van der Waals surface area contributed by atoms with E-state index in [1.165, 1.54) is 44.2 Å². The van der Waals surface area contributed by atoms with Crippen LogP contribution >= 0.6 is 0 Å². The molecule has 0 saturated carbocycles. The van der Waals surface area contributed by atoms with Crippen molar-refractivity contribution in [3.63, 3.8) is 0 Å². The van der Waals surface area contributed by atoms with Gasteiger partial charge >= 0.3 is 0 Å². The standard InChI is InChI=1S/C14H20N2/c15-12-6-4-11(5-7-12)14-9-8-13-3-1-2-10-16(13)14/h4-7,13-14H,1-3,8-10,15H2/t13-,14-/m0/s1. The molecule has 2 N–H and O–H groups in total. The van der Waals surface area contributed by atoms with Crippen LogP contribution in [0.1, 0.15) is 43.7 Å². The van der Waals surface area contributed by atoms with Crippen LogP contribution in [0.25, 0.3) is 0 Å². The molecule has 2 nitrogen and oxygen atoms in total. The molecule has 2 aliphatic heterocycles. The second-order valence-corrected chi connectivity index (χ2v) is 5.15. The van der Waals surface area contributed by atoms with E-state index in [9.17, 15) is 0 Å². The molecule has 16 heavy (non-hydrogen) atoms. The first-order valence-corrected chi connectivity index (χ1v) is 6.46. The smallest absolute Gasteiger partial charge is 0.0351 e. The molecule has 2 heterocycles. The van der Waals surface area contributed by atoms with Gasteiger partial charge in [-0.1, -0.05) is 18.6 Å². The normalized spacial score (nSPS) is 30.2. The van der Waals surface area contributed by atoms with Crippen LogP contribution in [-0.2, 0) is 0 Å². The summed E-state index contributed by atoms with van der Waals surface area (Å²) >= 11 is 0. The summed E-state index contributed by atoms with van der Waals surface area (Å²) in [5.41, 5.74) is 8.07. The Morgan fingerprint density at radius 2 is 1.81 bits per heavy atom. The summed E-state index contributed by atoms with van der Waals surface area (Å²) in [6.07, 6.45) is 6.92. The number of benzene rings is 1. The minimum Gasteiger partial charge on any atom is -0.399 e. The molecule has 2 fully saturated rings. The Bertz CT molecular complexity index is 358. The molecular formula is C14H20N2. The maximum Gasteiger partial charge on any atom is 0.0351 e. The summed E-state index contributed by atoms with van der Waals surface area (Å²) in [7, 11) is 0. The molecule has 0 radical (unpaired) electrons. The molecule has 0 amide bonds. The lowest BCUT2D eigenvalue weighted by atomic mass is 10.0. The van der Waals surface area contributed by atoms with Gasteiger partial charge in [-0.25, -0.2) is 0 Å². The number of hydrogen-bond acceptors (Lipinski definition) is 2.